The summed E-state index contributed by atoms with van der Waals surface area (Å²) in [5.74, 6) is -0.0172. The largest absolute Gasteiger partial charge is 0.316 e. The number of nitrogens with zero attached hydrogens (tertiary/aromatic N) is 1. The molecule has 108 valence electrons. The molecular formula is C18H20N2O. The quantitative estimate of drug-likeness (QED) is 0.919. The number of aryl methyl sites for hydroxylation is 2. The third kappa shape index (κ3) is 2.57. The number of carbonyl (C=O) groups excluding carboxylic acids is 1. The second-order valence-corrected chi connectivity index (χ2v) is 5.56. The van der Waals surface area contributed by atoms with E-state index < -0.39 is 6.04 Å². The summed E-state index contributed by atoms with van der Waals surface area (Å²) in [7, 11) is 0. The van der Waals surface area contributed by atoms with Gasteiger partial charge in [-0.2, -0.15) is 0 Å². The van der Waals surface area contributed by atoms with Gasteiger partial charge in [0.2, 0.25) is 5.91 Å². The van der Waals surface area contributed by atoms with Crippen molar-refractivity contribution >= 4 is 11.6 Å². The van der Waals surface area contributed by atoms with Crippen LogP contribution < -0.4 is 10.6 Å². The van der Waals surface area contributed by atoms with Crippen molar-refractivity contribution in [3.8, 4) is 0 Å². The fourth-order valence-electron chi connectivity index (χ4n) is 3.04. The molecule has 1 unspecified atom stereocenters. The molecular weight excluding hydrogens is 260 g/mol. The van der Waals surface area contributed by atoms with E-state index in [2.05, 4.69) is 25.1 Å². The van der Waals surface area contributed by atoms with Crippen LogP contribution in [0, 0.1) is 6.92 Å². The first-order valence-corrected chi connectivity index (χ1v) is 7.39. The molecule has 1 heterocycles. The summed E-state index contributed by atoms with van der Waals surface area (Å²) in [5.41, 5.74) is 10.5. The van der Waals surface area contributed by atoms with Crippen molar-refractivity contribution in [3.63, 3.8) is 0 Å². The Morgan fingerprint density at radius 1 is 1.14 bits per heavy atom. The van der Waals surface area contributed by atoms with Gasteiger partial charge in [-0.3, -0.25) is 4.79 Å². The first-order valence-electron chi connectivity index (χ1n) is 7.39. The van der Waals surface area contributed by atoms with Crippen LogP contribution in [0.25, 0.3) is 0 Å². The van der Waals surface area contributed by atoms with Crippen molar-refractivity contribution in [2.24, 2.45) is 5.73 Å². The number of para-hydroxylation sites is 1. The monoisotopic (exact) mass is 280 g/mol. The Hall–Kier alpha value is -2.13. The molecule has 1 aliphatic heterocycles. The fourth-order valence-corrected chi connectivity index (χ4v) is 3.04. The van der Waals surface area contributed by atoms with E-state index in [1.54, 1.807) is 0 Å². The summed E-state index contributed by atoms with van der Waals surface area (Å²) in [6, 6.07) is 15.2. The zero-order valence-corrected chi connectivity index (χ0v) is 12.3. The molecule has 2 N–H and O–H groups in total. The van der Waals surface area contributed by atoms with Crippen molar-refractivity contribution in [3.05, 3.63) is 65.2 Å². The molecule has 0 saturated carbocycles. The number of nitrogens with two attached hydrogens (primary N) is 1. The summed E-state index contributed by atoms with van der Waals surface area (Å²) in [4.78, 5) is 14.7. The average molecular weight is 280 g/mol. The molecule has 0 bridgehead atoms. The van der Waals surface area contributed by atoms with Crippen LogP contribution in [-0.4, -0.2) is 12.5 Å². The number of amides is 1. The second-order valence-electron chi connectivity index (χ2n) is 5.56. The van der Waals surface area contributed by atoms with Gasteiger partial charge in [-0.15, -0.1) is 0 Å². The highest BCUT2D eigenvalue weighted by Crippen LogP contribution is 2.32. The van der Waals surface area contributed by atoms with E-state index in [9.17, 15) is 4.79 Å². The standard InChI is InChI=1S/C18H20N2O/c1-13-7-5-10-15-11-6-12-20(17(13)15)18(21)16(19)14-8-3-2-4-9-14/h2-5,7-10,16H,6,11-12,19H2,1H3. The normalized spacial score (nSPS) is 15.4. The number of anilines is 1. The van der Waals surface area contributed by atoms with Crippen molar-refractivity contribution in [2.45, 2.75) is 25.8 Å². The van der Waals surface area contributed by atoms with Crippen molar-refractivity contribution in [1.82, 2.24) is 0 Å². The van der Waals surface area contributed by atoms with Crippen LogP contribution in [0.15, 0.2) is 48.5 Å². The predicted octanol–water partition coefficient (Wildman–Crippen LogP) is 2.97. The highest BCUT2D eigenvalue weighted by molar-refractivity contribution is 5.99. The smallest absolute Gasteiger partial charge is 0.248 e. The molecule has 1 amide bonds. The van der Waals surface area contributed by atoms with E-state index in [0.29, 0.717) is 0 Å². The Kier molecular flexibility index (Phi) is 3.76. The maximum Gasteiger partial charge on any atom is 0.248 e. The number of rotatable bonds is 2. The minimum absolute atomic E-state index is 0.0172. The van der Waals surface area contributed by atoms with Crippen LogP contribution in [0.3, 0.4) is 0 Å². The Bertz CT molecular complexity index is 652. The van der Waals surface area contributed by atoms with Crippen molar-refractivity contribution in [2.75, 3.05) is 11.4 Å². The molecule has 21 heavy (non-hydrogen) atoms. The topological polar surface area (TPSA) is 46.3 Å². The van der Waals surface area contributed by atoms with Gasteiger partial charge < -0.3 is 10.6 Å². The van der Waals surface area contributed by atoms with Crippen molar-refractivity contribution < 1.29 is 4.79 Å². The molecule has 3 heteroatoms. The molecule has 3 nitrogen and oxygen atoms in total. The van der Waals surface area contributed by atoms with E-state index in [-0.39, 0.29) is 5.91 Å². The Morgan fingerprint density at radius 3 is 2.67 bits per heavy atom. The molecule has 0 fully saturated rings. The van der Waals surface area contributed by atoms with Gasteiger partial charge in [-0.1, -0.05) is 48.5 Å². The summed E-state index contributed by atoms with van der Waals surface area (Å²) in [6.07, 6.45) is 2.02. The molecule has 0 spiro atoms. The van der Waals surface area contributed by atoms with E-state index in [4.69, 9.17) is 5.73 Å². The van der Waals surface area contributed by atoms with Crippen LogP contribution in [-0.2, 0) is 11.2 Å². The molecule has 2 aromatic rings. The van der Waals surface area contributed by atoms with Crippen LogP contribution in [0.1, 0.15) is 29.2 Å². The van der Waals surface area contributed by atoms with Gasteiger partial charge in [-0.05, 0) is 36.5 Å². The van der Waals surface area contributed by atoms with Crippen molar-refractivity contribution in [1.29, 1.82) is 0 Å². The zero-order chi connectivity index (χ0) is 14.8. The summed E-state index contributed by atoms with van der Waals surface area (Å²) >= 11 is 0. The fraction of sp³-hybridized carbons (Fsp3) is 0.278. The molecule has 0 radical (unpaired) electrons. The van der Waals surface area contributed by atoms with E-state index in [0.717, 1.165) is 36.2 Å². The lowest BCUT2D eigenvalue weighted by atomic mass is 9.96. The maximum absolute atomic E-state index is 12.8. The molecule has 0 aliphatic carbocycles. The van der Waals surface area contributed by atoms with E-state index in [1.807, 2.05) is 35.2 Å². The summed E-state index contributed by atoms with van der Waals surface area (Å²) in [6.45, 7) is 2.80. The number of hydrogen-bond acceptors (Lipinski definition) is 2. The first-order chi connectivity index (χ1) is 10.2. The van der Waals surface area contributed by atoms with Crippen LogP contribution in [0.2, 0.25) is 0 Å². The first kappa shape index (κ1) is 13.8. The molecule has 0 aromatic heterocycles. The molecule has 2 aromatic carbocycles. The SMILES string of the molecule is Cc1cccc2c1N(C(=O)C(N)c1ccccc1)CCC2. The summed E-state index contributed by atoms with van der Waals surface area (Å²) in [5, 5.41) is 0. The second kappa shape index (κ2) is 5.70. The minimum Gasteiger partial charge on any atom is -0.316 e. The summed E-state index contributed by atoms with van der Waals surface area (Å²) < 4.78 is 0. The van der Waals surface area contributed by atoms with Gasteiger partial charge in [-0.25, -0.2) is 0 Å². The highest BCUT2D eigenvalue weighted by Gasteiger charge is 2.28. The maximum atomic E-state index is 12.8. The Morgan fingerprint density at radius 2 is 1.90 bits per heavy atom. The minimum atomic E-state index is -0.600. The third-order valence-corrected chi connectivity index (χ3v) is 4.11. The molecule has 0 saturated heterocycles. The van der Waals surface area contributed by atoms with Gasteiger partial charge in [0.1, 0.15) is 6.04 Å². The Labute approximate surface area is 125 Å². The van der Waals surface area contributed by atoms with Crippen LogP contribution >= 0.6 is 0 Å². The number of benzene rings is 2. The number of fused-ring (bicyclic) bond motifs is 1. The Balaban J connectivity index is 1.94. The van der Waals surface area contributed by atoms with Gasteiger partial charge in [0, 0.05) is 12.2 Å². The van der Waals surface area contributed by atoms with E-state index in [1.165, 1.54) is 5.56 Å². The van der Waals surface area contributed by atoms with Crippen LogP contribution in [0.5, 0.6) is 0 Å². The lowest BCUT2D eigenvalue weighted by Gasteiger charge is -2.33. The predicted molar refractivity (Wildman–Crippen MR) is 85.2 cm³/mol. The lowest BCUT2D eigenvalue weighted by Crippen LogP contribution is -2.42. The third-order valence-electron chi connectivity index (χ3n) is 4.11. The lowest BCUT2D eigenvalue weighted by molar-refractivity contribution is -0.120. The highest BCUT2D eigenvalue weighted by atomic mass is 16.2. The molecule has 1 aliphatic rings. The van der Waals surface area contributed by atoms with Gasteiger partial charge >= 0.3 is 0 Å². The average Bonchev–Trinajstić information content (AvgIpc) is 2.54. The number of hydrogen-bond donors (Lipinski definition) is 1. The zero-order valence-electron chi connectivity index (χ0n) is 12.3. The number of carbonyl (C=O) groups is 1. The van der Waals surface area contributed by atoms with E-state index >= 15 is 0 Å². The molecule has 1 atom stereocenters. The van der Waals surface area contributed by atoms with Gasteiger partial charge in [0.05, 0.1) is 0 Å². The van der Waals surface area contributed by atoms with Gasteiger partial charge in [0.25, 0.3) is 0 Å². The van der Waals surface area contributed by atoms with Gasteiger partial charge in [0.15, 0.2) is 0 Å². The molecule has 3 rings (SSSR count). The van der Waals surface area contributed by atoms with Crippen LogP contribution in [0.4, 0.5) is 5.69 Å².